The van der Waals surface area contributed by atoms with Gasteiger partial charge in [-0.25, -0.2) is 0 Å². The summed E-state index contributed by atoms with van der Waals surface area (Å²) in [4.78, 5) is 13.4. The second-order valence-electron chi connectivity index (χ2n) is 1.91. The van der Waals surface area contributed by atoms with E-state index in [-0.39, 0.29) is 11.2 Å². The maximum absolute atomic E-state index is 10.1. The van der Waals surface area contributed by atoms with Crippen molar-refractivity contribution < 1.29 is 10.4 Å². The first-order valence-corrected chi connectivity index (χ1v) is 2.77. The highest BCUT2D eigenvalue weighted by atomic mass is 16.6. The number of nitro groups is 1. The van der Waals surface area contributed by atoms with E-state index in [1.165, 1.54) is 12.3 Å². The molecule has 0 aliphatic heterocycles. The molecule has 1 aromatic rings. The number of aryl methyl sites for hydroxylation is 1. The van der Waals surface area contributed by atoms with Gasteiger partial charge in [0.2, 0.25) is 0 Å². The molecule has 0 unspecified atom stereocenters. The van der Waals surface area contributed by atoms with Crippen LogP contribution < -0.4 is 0 Å². The Hall–Kier alpha value is -1.49. The number of hydrogen-bond donors (Lipinski definition) is 0. The van der Waals surface area contributed by atoms with Crippen molar-refractivity contribution in [3.8, 4) is 0 Å². The molecule has 0 aromatic carbocycles. The van der Waals surface area contributed by atoms with Gasteiger partial charge in [0.25, 0.3) is 5.69 Å². The van der Waals surface area contributed by atoms with Gasteiger partial charge >= 0.3 is 0 Å². The molecule has 0 amide bonds. The predicted octanol–water partition coefficient (Wildman–Crippen LogP) is 0.474. The van der Waals surface area contributed by atoms with E-state index >= 15 is 0 Å². The Labute approximate surface area is 63.1 Å². The molecule has 0 aliphatic carbocycles. The fourth-order valence-electron chi connectivity index (χ4n) is 0.568. The summed E-state index contributed by atoms with van der Waals surface area (Å²) in [5, 5.41) is 10.1. The van der Waals surface area contributed by atoms with Gasteiger partial charge in [-0.05, 0) is 13.0 Å². The molecule has 0 saturated carbocycles. The molecule has 5 heteroatoms. The lowest BCUT2D eigenvalue weighted by Gasteiger charge is -1.89. The minimum absolute atomic E-state index is 0. The van der Waals surface area contributed by atoms with Crippen molar-refractivity contribution in [2.24, 2.45) is 0 Å². The summed E-state index contributed by atoms with van der Waals surface area (Å²) in [6.45, 7) is 1.78. The van der Waals surface area contributed by atoms with E-state index in [0.717, 1.165) is 5.69 Å². The van der Waals surface area contributed by atoms with Crippen LogP contribution in [-0.2, 0) is 0 Å². The van der Waals surface area contributed by atoms with Gasteiger partial charge in [-0.2, -0.15) is 0 Å². The van der Waals surface area contributed by atoms with Gasteiger partial charge in [-0.15, -0.1) is 0 Å². The molecule has 11 heavy (non-hydrogen) atoms. The summed E-state index contributed by atoms with van der Waals surface area (Å²) in [6.07, 6.45) is 1.25. The molecule has 5 nitrogen and oxygen atoms in total. The van der Waals surface area contributed by atoms with Gasteiger partial charge in [0.1, 0.15) is 6.20 Å². The molecule has 0 spiro atoms. The molecule has 60 valence electrons. The van der Waals surface area contributed by atoms with Crippen molar-refractivity contribution in [3.05, 3.63) is 34.1 Å². The van der Waals surface area contributed by atoms with Gasteiger partial charge in [0, 0.05) is 11.8 Å². The Morgan fingerprint density at radius 1 is 1.55 bits per heavy atom. The van der Waals surface area contributed by atoms with Crippen LogP contribution >= 0.6 is 0 Å². The third-order valence-corrected chi connectivity index (χ3v) is 1.11. The van der Waals surface area contributed by atoms with Gasteiger partial charge in [-0.1, -0.05) is 0 Å². The molecule has 0 fully saturated rings. The Kier molecular flexibility index (Phi) is 3.13. The summed E-state index contributed by atoms with van der Waals surface area (Å²) >= 11 is 0. The maximum Gasteiger partial charge on any atom is 0.287 e. The first-order chi connectivity index (χ1) is 4.70. The molecule has 0 saturated heterocycles. The SMILES string of the molecule is Cc1ccc([N+](=O)[O-])cn1.O. The molecule has 1 heterocycles. The smallest absolute Gasteiger partial charge is 0.287 e. The lowest BCUT2D eigenvalue weighted by Crippen LogP contribution is -1.88. The number of rotatable bonds is 1. The van der Waals surface area contributed by atoms with Crippen molar-refractivity contribution in [2.45, 2.75) is 6.92 Å². The number of hydrogen-bond acceptors (Lipinski definition) is 3. The van der Waals surface area contributed by atoms with E-state index in [1.807, 2.05) is 0 Å². The molecular formula is C6H8N2O3. The monoisotopic (exact) mass is 156 g/mol. The molecular weight excluding hydrogens is 148 g/mol. The largest absolute Gasteiger partial charge is 0.412 e. The van der Waals surface area contributed by atoms with Crippen LogP contribution in [0.5, 0.6) is 0 Å². The molecule has 0 aliphatic rings. The van der Waals surface area contributed by atoms with Crippen LogP contribution in [0.1, 0.15) is 5.69 Å². The van der Waals surface area contributed by atoms with Crippen LogP contribution in [0.4, 0.5) is 5.69 Å². The first-order valence-electron chi connectivity index (χ1n) is 2.77. The minimum Gasteiger partial charge on any atom is -0.412 e. The second kappa shape index (κ2) is 3.62. The maximum atomic E-state index is 10.1. The summed E-state index contributed by atoms with van der Waals surface area (Å²) in [5.41, 5.74) is 0.816. The van der Waals surface area contributed by atoms with E-state index in [4.69, 9.17) is 0 Å². The highest BCUT2D eigenvalue weighted by Gasteiger charge is 2.01. The number of aromatic nitrogens is 1. The molecule has 1 rings (SSSR count). The zero-order valence-electron chi connectivity index (χ0n) is 5.94. The highest BCUT2D eigenvalue weighted by Crippen LogP contribution is 2.07. The van der Waals surface area contributed by atoms with Crippen LogP contribution in [0.15, 0.2) is 18.3 Å². The Morgan fingerprint density at radius 3 is 2.55 bits per heavy atom. The lowest BCUT2D eigenvalue weighted by atomic mass is 10.3. The summed E-state index contributed by atoms with van der Waals surface area (Å²) in [5.74, 6) is 0. The van der Waals surface area contributed by atoms with E-state index in [1.54, 1.807) is 13.0 Å². The normalized spacial score (nSPS) is 8.45. The fourth-order valence-corrected chi connectivity index (χ4v) is 0.568. The zero-order valence-corrected chi connectivity index (χ0v) is 5.94. The number of nitrogens with zero attached hydrogens (tertiary/aromatic N) is 2. The molecule has 0 bridgehead atoms. The van der Waals surface area contributed by atoms with Crippen molar-refractivity contribution in [1.29, 1.82) is 0 Å². The Balaban J connectivity index is 0.000001000. The standard InChI is InChI=1S/C6H6N2O2.H2O/c1-5-2-3-6(4-7-5)8(9)10;/h2-4H,1H3;1H2. The predicted molar refractivity (Wildman–Crippen MR) is 39.2 cm³/mol. The van der Waals surface area contributed by atoms with E-state index in [9.17, 15) is 10.1 Å². The summed E-state index contributed by atoms with van der Waals surface area (Å²) in [7, 11) is 0. The van der Waals surface area contributed by atoms with E-state index < -0.39 is 4.92 Å². The summed E-state index contributed by atoms with van der Waals surface area (Å²) in [6, 6.07) is 3.04. The minimum atomic E-state index is -0.466. The number of pyridine rings is 1. The molecule has 1 aromatic heterocycles. The fraction of sp³-hybridized carbons (Fsp3) is 0.167. The van der Waals surface area contributed by atoms with Gasteiger partial charge in [-0.3, -0.25) is 15.1 Å². The molecule has 2 N–H and O–H groups in total. The highest BCUT2D eigenvalue weighted by molar-refractivity contribution is 5.26. The van der Waals surface area contributed by atoms with Gasteiger partial charge < -0.3 is 5.48 Å². The molecule has 0 atom stereocenters. The van der Waals surface area contributed by atoms with E-state index in [2.05, 4.69) is 4.98 Å². The average Bonchev–Trinajstić information content (AvgIpc) is 1.88. The topological polar surface area (TPSA) is 87.5 Å². The van der Waals surface area contributed by atoms with E-state index in [0.29, 0.717) is 0 Å². The second-order valence-corrected chi connectivity index (χ2v) is 1.91. The van der Waals surface area contributed by atoms with Crippen LogP contribution in [0.25, 0.3) is 0 Å². The molecule has 0 radical (unpaired) electrons. The van der Waals surface area contributed by atoms with Crippen molar-refractivity contribution >= 4 is 5.69 Å². The average molecular weight is 156 g/mol. The zero-order chi connectivity index (χ0) is 7.56. The van der Waals surface area contributed by atoms with Crippen LogP contribution in [0.3, 0.4) is 0 Å². The third-order valence-electron chi connectivity index (χ3n) is 1.11. The van der Waals surface area contributed by atoms with Crippen LogP contribution in [-0.4, -0.2) is 15.4 Å². The van der Waals surface area contributed by atoms with Gasteiger partial charge in [0.15, 0.2) is 0 Å². The summed E-state index contributed by atoms with van der Waals surface area (Å²) < 4.78 is 0. The first kappa shape index (κ1) is 9.51. The quantitative estimate of drug-likeness (QED) is 0.437. The van der Waals surface area contributed by atoms with Gasteiger partial charge in [0.05, 0.1) is 4.92 Å². The van der Waals surface area contributed by atoms with Crippen molar-refractivity contribution in [1.82, 2.24) is 4.98 Å². The van der Waals surface area contributed by atoms with Crippen LogP contribution in [0.2, 0.25) is 0 Å². The van der Waals surface area contributed by atoms with Crippen molar-refractivity contribution in [2.75, 3.05) is 0 Å². The van der Waals surface area contributed by atoms with Crippen LogP contribution in [0, 0.1) is 17.0 Å². The third kappa shape index (κ3) is 2.30. The van der Waals surface area contributed by atoms with Crippen molar-refractivity contribution in [3.63, 3.8) is 0 Å². The Morgan fingerprint density at radius 2 is 2.18 bits per heavy atom. The lowest BCUT2D eigenvalue weighted by molar-refractivity contribution is -0.385. The Bertz CT molecular complexity index is 245.